The zero-order valence-electron chi connectivity index (χ0n) is 13.0. The molecule has 0 bridgehead atoms. The largest absolute Gasteiger partial charge is 0.494 e. The van der Waals surface area contributed by atoms with Crippen LogP contribution in [0.2, 0.25) is 0 Å². The van der Waals surface area contributed by atoms with Crippen molar-refractivity contribution in [1.82, 2.24) is 10.6 Å². The van der Waals surface area contributed by atoms with Crippen LogP contribution in [-0.4, -0.2) is 38.9 Å². The molecule has 2 rings (SSSR count). The van der Waals surface area contributed by atoms with E-state index in [2.05, 4.69) is 20.4 Å². The number of alkyl carbamates (subject to hydrolysis) is 1. The smallest absolute Gasteiger partial charge is 0.413 e. The molecule has 1 aliphatic rings. The van der Waals surface area contributed by atoms with Gasteiger partial charge in [0.2, 0.25) is 5.96 Å². The molecule has 0 radical (unpaired) electrons. The third-order valence-electron chi connectivity index (χ3n) is 3.12. The van der Waals surface area contributed by atoms with E-state index in [1.54, 1.807) is 0 Å². The number of benzene rings is 1. The molecular weight excluding hydrogens is 286 g/mol. The fourth-order valence-electron chi connectivity index (χ4n) is 2.18. The summed E-state index contributed by atoms with van der Waals surface area (Å²) in [6.45, 7) is 5.53. The average Bonchev–Trinajstić information content (AvgIpc) is 2.96. The number of nitrogens with one attached hydrogen (secondary N) is 2. The zero-order valence-corrected chi connectivity index (χ0v) is 13.0. The Labute approximate surface area is 129 Å². The molecule has 0 spiro atoms. The number of aliphatic imine (C=N–C) groups is 1. The first-order valence-electron chi connectivity index (χ1n) is 7.23. The quantitative estimate of drug-likeness (QED) is 0.867. The number of hydrogen-bond acceptors (Lipinski definition) is 6. The predicted octanol–water partition coefficient (Wildman–Crippen LogP) is 1.84. The summed E-state index contributed by atoms with van der Waals surface area (Å²) in [6, 6.07) is 5.65. The highest BCUT2D eigenvalue weighted by Crippen LogP contribution is 2.31. The van der Waals surface area contributed by atoms with Gasteiger partial charge in [0.1, 0.15) is 11.5 Å². The number of carbonyl (C=O) groups is 1. The van der Waals surface area contributed by atoms with Crippen LogP contribution in [0, 0.1) is 0 Å². The van der Waals surface area contributed by atoms with Crippen LogP contribution in [0.1, 0.15) is 25.5 Å². The van der Waals surface area contributed by atoms with Crippen molar-refractivity contribution in [1.29, 1.82) is 0 Å². The van der Waals surface area contributed by atoms with E-state index < -0.39 is 6.09 Å². The van der Waals surface area contributed by atoms with Crippen molar-refractivity contribution in [3.8, 4) is 11.5 Å². The van der Waals surface area contributed by atoms with Gasteiger partial charge in [0, 0.05) is 11.6 Å². The van der Waals surface area contributed by atoms with Crippen LogP contribution in [0.25, 0.3) is 0 Å². The van der Waals surface area contributed by atoms with Gasteiger partial charge < -0.3 is 19.5 Å². The number of guanidine groups is 1. The van der Waals surface area contributed by atoms with Crippen LogP contribution in [0.15, 0.2) is 23.2 Å². The van der Waals surface area contributed by atoms with Crippen molar-refractivity contribution in [3.63, 3.8) is 0 Å². The number of amides is 1. The van der Waals surface area contributed by atoms with E-state index >= 15 is 0 Å². The second kappa shape index (κ2) is 7.53. The molecule has 1 heterocycles. The van der Waals surface area contributed by atoms with Crippen molar-refractivity contribution in [2.24, 2.45) is 4.99 Å². The fourth-order valence-corrected chi connectivity index (χ4v) is 2.18. The van der Waals surface area contributed by atoms with Gasteiger partial charge in [-0.05, 0) is 26.0 Å². The van der Waals surface area contributed by atoms with Gasteiger partial charge in [-0.3, -0.25) is 10.3 Å². The first-order chi connectivity index (χ1) is 10.7. The molecule has 1 aliphatic heterocycles. The first-order valence-corrected chi connectivity index (χ1v) is 7.23. The molecule has 2 N–H and O–H groups in total. The van der Waals surface area contributed by atoms with Gasteiger partial charge in [-0.2, -0.15) is 0 Å². The molecule has 0 aliphatic carbocycles. The van der Waals surface area contributed by atoms with E-state index in [-0.39, 0.29) is 6.04 Å². The molecule has 7 nitrogen and oxygen atoms in total. The van der Waals surface area contributed by atoms with Crippen LogP contribution in [0.3, 0.4) is 0 Å². The van der Waals surface area contributed by atoms with Crippen LogP contribution in [-0.2, 0) is 4.74 Å². The fraction of sp³-hybridized carbons (Fsp3) is 0.467. The summed E-state index contributed by atoms with van der Waals surface area (Å²) >= 11 is 0. The van der Waals surface area contributed by atoms with Gasteiger partial charge in [0.25, 0.3) is 0 Å². The van der Waals surface area contributed by atoms with E-state index in [4.69, 9.17) is 9.47 Å². The molecule has 0 aromatic heterocycles. The zero-order chi connectivity index (χ0) is 15.9. The number of rotatable bonds is 5. The molecule has 0 saturated heterocycles. The maximum absolute atomic E-state index is 11.2. The van der Waals surface area contributed by atoms with E-state index in [9.17, 15) is 4.79 Å². The first kappa shape index (κ1) is 15.9. The monoisotopic (exact) mass is 307 g/mol. The Balaban J connectivity index is 2.11. The van der Waals surface area contributed by atoms with E-state index in [0.717, 1.165) is 17.1 Å². The Morgan fingerprint density at radius 2 is 2.14 bits per heavy atom. The average molecular weight is 307 g/mol. The van der Waals surface area contributed by atoms with Crippen molar-refractivity contribution < 1.29 is 19.0 Å². The SMILES string of the molecule is CCOc1ccc(C2CN=C(NC(=O)OC)N2)c(OCC)c1. The van der Waals surface area contributed by atoms with Crippen LogP contribution >= 0.6 is 0 Å². The molecule has 120 valence electrons. The lowest BCUT2D eigenvalue weighted by Crippen LogP contribution is -2.39. The molecule has 1 unspecified atom stereocenters. The van der Waals surface area contributed by atoms with Crippen molar-refractivity contribution in [2.45, 2.75) is 19.9 Å². The Morgan fingerprint density at radius 3 is 2.82 bits per heavy atom. The molecule has 1 aromatic rings. The molecule has 0 saturated carbocycles. The third kappa shape index (κ3) is 3.81. The summed E-state index contributed by atoms with van der Waals surface area (Å²) in [5, 5.41) is 5.66. The van der Waals surface area contributed by atoms with Crippen LogP contribution in [0.5, 0.6) is 11.5 Å². The summed E-state index contributed by atoms with van der Waals surface area (Å²) < 4.78 is 15.7. The van der Waals surface area contributed by atoms with Gasteiger partial charge in [-0.15, -0.1) is 0 Å². The normalized spacial score (nSPS) is 16.5. The molecule has 7 heteroatoms. The summed E-state index contributed by atoms with van der Waals surface area (Å²) in [6.07, 6.45) is -0.552. The summed E-state index contributed by atoms with van der Waals surface area (Å²) in [4.78, 5) is 15.4. The number of ether oxygens (including phenoxy) is 3. The standard InChI is InChI=1S/C15H21N3O4/c1-4-21-10-6-7-11(13(8-10)22-5-2)12-9-16-14(17-12)18-15(19)20-3/h6-8,12H,4-5,9H2,1-3H3,(H2,16,17,18,19). The summed E-state index contributed by atoms with van der Waals surface area (Å²) in [5.41, 5.74) is 0.968. The predicted molar refractivity (Wildman–Crippen MR) is 82.5 cm³/mol. The maximum Gasteiger partial charge on any atom is 0.413 e. The third-order valence-corrected chi connectivity index (χ3v) is 3.12. The van der Waals surface area contributed by atoms with Crippen LogP contribution in [0.4, 0.5) is 4.79 Å². The molecule has 1 atom stereocenters. The number of carbonyl (C=O) groups excluding carboxylic acids is 1. The highest BCUT2D eigenvalue weighted by molar-refractivity contribution is 5.95. The van der Waals surface area contributed by atoms with Crippen molar-refractivity contribution >= 4 is 12.1 Å². The minimum Gasteiger partial charge on any atom is -0.494 e. The number of methoxy groups -OCH3 is 1. The molecule has 0 fully saturated rings. The van der Waals surface area contributed by atoms with Gasteiger partial charge in [-0.1, -0.05) is 0 Å². The van der Waals surface area contributed by atoms with Gasteiger partial charge in [-0.25, -0.2) is 4.79 Å². The minimum atomic E-state index is -0.552. The highest BCUT2D eigenvalue weighted by Gasteiger charge is 2.24. The van der Waals surface area contributed by atoms with Gasteiger partial charge >= 0.3 is 6.09 Å². The van der Waals surface area contributed by atoms with Crippen LogP contribution < -0.4 is 20.1 Å². The Bertz CT molecular complexity index is 560. The van der Waals surface area contributed by atoms with Gasteiger partial charge in [0.05, 0.1) is 32.9 Å². The van der Waals surface area contributed by atoms with Crippen molar-refractivity contribution in [2.75, 3.05) is 26.9 Å². The van der Waals surface area contributed by atoms with E-state index in [1.165, 1.54) is 7.11 Å². The Morgan fingerprint density at radius 1 is 1.36 bits per heavy atom. The Hall–Kier alpha value is -2.44. The van der Waals surface area contributed by atoms with Gasteiger partial charge in [0.15, 0.2) is 0 Å². The van der Waals surface area contributed by atoms with Crippen molar-refractivity contribution in [3.05, 3.63) is 23.8 Å². The lowest BCUT2D eigenvalue weighted by atomic mass is 10.1. The molecule has 1 aromatic carbocycles. The Kier molecular flexibility index (Phi) is 5.46. The molecule has 22 heavy (non-hydrogen) atoms. The topological polar surface area (TPSA) is 81.2 Å². The summed E-state index contributed by atoms with van der Waals surface area (Å²) in [7, 11) is 1.31. The molecular formula is C15H21N3O4. The number of hydrogen-bond donors (Lipinski definition) is 2. The summed E-state index contributed by atoms with van der Waals surface area (Å²) in [5.74, 6) is 1.91. The second-order valence-electron chi connectivity index (χ2n) is 4.57. The maximum atomic E-state index is 11.2. The highest BCUT2D eigenvalue weighted by atomic mass is 16.5. The molecule has 1 amide bonds. The second-order valence-corrected chi connectivity index (χ2v) is 4.57. The number of nitrogens with zero attached hydrogens (tertiary/aromatic N) is 1. The lowest BCUT2D eigenvalue weighted by molar-refractivity contribution is 0.176. The van der Waals surface area contributed by atoms with E-state index in [1.807, 2.05) is 32.0 Å². The minimum absolute atomic E-state index is 0.0654. The van der Waals surface area contributed by atoms with E-state index in [0.29, 0.717) is 25.7 Å². The lowest BCUT2D eigenvalue weighted by Gasteiger charge is -2.17.